The first-order valence-corrected chi connectivity index (χ1v) is 3.20. The summed E-state index contributed by atoms with van der Waals surface area (Å²) in [7, 11) is 0. The molecule has 0 radical (unpaired) electrons. The minimum absolute atomic E-state index is 0.275. The van der Waals surface area contributed by atoms with Gasteiger partial charge in [-0.1, -0.05) is 0 Å². The van der Waals surface area contributed by atoms with E-state index in [1.165, 1.54) is 30.3 Å². The highest BCUT2D eigenvalue weighted by atomic mass is 19.4. The van der Waals surface area contributed by atoms with E-state index in [4.69, 9.17) is 0 Å². The van der Waals surface area contributed by atoms with Crippen molar-refractivity contribution in [1.29, 1.82) is 0 Å². The molecule has 1 aromatic heterocycles. The van der Waals surface area contributed by atoms with Gasteiger partial charge < -0.3 is 12.9 Å². The molecule has 0 bridgehead atoms. The Hall–Kier alpha value is -1.44. The SMILES string of the molecule is F[B-](F)(F)C#Cc1cccnc1. The molecule has 0 aliphatic carbocycles. The number of hydrogen-bond acceptors (Lipinski definition) is 1. The molecule has 5 heteroatoms. The van der Waals surface area contributed by atoms with Gasteiger partial charge in [0.05, 0.1) is 0 Å². The summed E-state index contributed by atoms with van der Waals surface area (Å²) in [6, 6.07) is 3.01. The molecule has 0 atom stereocenters. The lowest BCUT2D eigenvalue weighted by molar-refractivity contribution is 0.504. The quantitative estimate of drug-likeness (QED) is 0.427. The molecule has 1 aromatic rings. The zero-order valence-corrected chi connectivity index (χ0v) is 5.97. The monoisotopic (exact) mass is 170 g/mol. The van der Waals surface area contributed by atoms with E-state index < -0.39 is 6.98 Å². The molecule has 0 N–H and O–H groups in total. The minimum Gasteiger partial charge on any atom is -0.438 e. The maximum Gasteiger partial charge on any atom is 0.558 e. The number of hydrogen-bond donors (Lipinski definition) is 0. The highest BCUT2D eigenvalue weighted by Gasteiger charge is 2.17. The lowest BCUT2D eigenvalue weighted by atomic mass is 9.93. The van der Waals surface area contributed by atoms with Crippen LogP contribution >= 0.6 is 0 Å². The molecule has 1 rings (SSSR count). The highest BCUT2D eigenvalue weighted by Crippen LogP contribution is 2.05. The van der Waals surface area contributed by atoms with Crippen LogP contribution in [0.3, 0.4) is 0 Å². The molecule has 1 heterocycles. The number of nitrogens with zero attached hydrogens (tertiary/aromatic N) is 1. The molecule has 1 nitrogen and oxygen atoms in total. The molecular weight excluding hydrogens is 166 g/mol. The van der Waals surface area contributed by atoms with Crippen LogP contribution in [0.4, 0.5) is 12.9 Å². The van der Waals surface area contributed by atoms with E-state index in [0.29, 0.717) is 0 Å². The van der Waals surface area contributed by atoms with E-state index in [1.54, 1.807) is 0 Å². The van der Waals surface area contributed by atoms with Crippen molar-refractivity contribution in [2.75, 3.05) is 0 Å². The summed E-state index contributed by atoms with van der Waals surface area (Å²) in [5.41, 5.74) is 0.275. The summed E-state index contributed by atoms with van der Waals surface area (Å²) in [6.45, 7) is -5.02. The summed E-state index contributed by atoms with van der Waals surface area (Å²) >= 11 is 0. The first-order chi connectivity index (χ1) is 5.58. The van der Waals surface area contributed by atoms with E-state index in [-0.39, 0.29) is 5.56 Å². The van der Waals surface area contributed by atoms with Crippen LogP contribution in [0.25, 0.3) is 0 Å². The topological polar surface area (TPSA) is 12.9 Å². The minimum atomic E-state index is -5.02. The number of halogens is 3. The predicted molar refractivity (Wildman–Crippen MR) is 40.2 cm³/mol. The second-order valence-electron chi connectivity index (χ2n) is 2.09. The molecule has 0 amide bonds. The molecule has 0 saturated carbocycles. The van der Waals surface area contributed by atoms with E-state index in [0.717, 1.165) is 0 Å². The van der Waals surface area contributed by atoms with E-state index in [1.807, 2.05) is 5.92 Å². The molecule has 0 spiro atoms. The molecule has 0 aliphatic heterocycles. The van der Waals surface area contributed by atoms with Crippen LogP contribution in [0.15, 0.2) is 24.5 Å². The Morgan fingerprint density at radius 3 is 2.58 bits per heavy atom. The molecule has 0 saturated heterocycles. The summed E-state index contributed by atoms with van der Waals surface area (Å²) < 4.78 is 34.8. The molecule has 0 aromatic carbocycles. The standard InChI is InChI=1S/C7H4BF3N/c9-8(10,11)4-3-7-2-1-5-12-6-7/h1-2,5-6H/q-1. The Balaban J connectivity index is 2.81. The third-order valence-electron chi connectivity index (χ3n) is 1.04. The van der Waals surface area contributed by atoms with Crippen molar-refractivity contribution in [3.8, 4) is 11.7 Å². The van der Waals surface area contributed by atoms with Crippen LogP contribution in [-0.4, -0.2) is 12.0 Å². The summed E-state index contributed by atoms with van der Waals surface area (Å²) in [5, 5.41) is 0. The van der Waals surface area contributed by atoms with Gasteiger partial charge in [-0.3, -0.25) is 4.98 Å². The van der Waals surface area contributed by atoms with E-state index in [2.05, 4.69) is 4.98 Å². The van der Waals surface area contributed by atoms with Crippen molar-refractivity contribution < 1.29 is 12.9 Å². The van der Waals surface area contributed by atoms with Gasteiger partial charge in [0.2, 0.25) is 0 Å². The van der Waals surface area contributed by atoms with Gasteiger partial charge in [0.15, 0.2) is 0 Å². The first-order valence-electron chi connectivity index (χ1n) is 3.20. The molecular formula is C7H4BF3N-. The molecule has 62 valence electrons. The van der Waals surface area contributed by atoms with Crippen molar-refractivity contribution >= 4 is 6.98 Å². The Morgan fingerprint density at radius 1 is 1.33 bits per heavy atom. The second kappa shape index (κ2) is 3.31. The largest absolute Gasteiger partial charge is 0.558 e. The first kappa shape index (κ1) is 8.66. The average molecular weight is 170 g/mol. The van der Waals surface area contributed by atoms with Crippen molar-refractivity contribution in [3.05, 3.63) is 30.1 Å². The van der Waals surface area contributed by atoms with Gasteiger partial charge in [0.1, 0.15) is 0 Å². The average Bonchev–Trinajstić information content (AvgIpc) is 2.02. The number of rotatable bonds is 0. The van der Waals surface area contributed by atoms with Gasteiger partial charge in [0, 0.05) is 18.0 Å². The van der Waals surface area contributed by atoms with Crippen LogP contribution < -0.4 is 0 Å². The van der Waals surface area contributed by atoms with Crippen molar-refractivity contribution in [2.45, 2.75) is 0 Å². The fourth-order valence-electron chi connectivity index (χ4n) is 0.602. The Morgan fingerprint density at radius 2 is 2.08 bits per heavy atom. The third-order valence-corrected chi connectivity index (χ3v) is 1.04. The Kier molecular flexibility index (Phi) is 2.39. The lowest BCUT2D eigenvalue weighted by Gasteiger charge is -2.01. The molecule has 0 aliphatic rings. The highest BCUT2D eigenvalue weighted by molar-refractivity contribution is 6.67. The van der Waals surface area contributed by atoms with Gasteiger partial charge in [-0.25, -0.2) is 0 Å². The van der Waals surface area contributed by atoms with Crippen LogP contribution in [0.5, 0.6) is 0 Å². The third kappa shape index (κ3) is 3.10. The van der Waals surface area contributed by atoms with Crippen molar-refractivity contribution in [2.24, 2.45) is 0 Å². The van der Waals surface area contributed by atoms with Gasteiger partial charge in [-0.05, 0) is 12.1 Å². The summed E-state index contributed by atoms with van der Waals surface area (Å²) in [6.07, 6.45) is 2.76. The van der Waals surface area contributed by atoms with Gasteiger partial charge >= 0.3 is 6.98 Å². The smallest absolute Gasteiger partial charge is 0.438 e. The predicted octanol–water partition coefficient (Wildman–Crippen LogP) is 1.82. The fourth-order valence-corrected chi connectivity index (χ4v) is 0.602. The van der Waals surface area contributed by atoms with Crippen LogP contribution in [0.1, 0.15) is 5.56 Å². The zero-order chi connectivity index (χ0) is 9.03. The summed E-state index contributed by atoms with van der Waals surface area (Å²) in [5.74, 6) is 3.19. The number of aromatic nitrogens is 1. The van der Waals surface area contributed by atoms with Gasteiger partial charge in [-0.15, -0.1) is 5.92 Å². The molecule has 12 heavy (non-hydrogen) atoms. The van der Waals surface area contributed by atoms with E-state index in [9.17, 15) is 12.9 Å². The maximum atomic E-state index is 11.6. The normalized spacial score (nSPS) is 10.2. The fraction of sp³-hybridized carbons (Fsp3) is 0. The Bertz CT molecular complexity index is 309. The lowest BCUT2D eigenvalue weighted by Crippen LogP contribution is -2.10. The van der Waals surface area contributed by atoms with Gasteiger partial charge in [-0.2, -0.15) is 5.82 Å². The maximum absolute atomic E-state index is 11.6. The van der Waals surface area contributed by atoms with Crippen LogP contribution in [0.2, 0.25) is 0 Å². The van der Waals surface area contributed by atoms with Crippen molar-refractivity contribution in [1.82, 2.24) is 4.98 Å². The van der Waals surface area contributed by atoms with Crippen molar-refractivity contribution in [3.63, 3.8) is 0 Å². The second-order valence-corrected chi connectivity index (χ2v) is 2.09. The number of pyridine rings is 1. The molecule has 0 fully saturated rings. The van der Waals surface area contributed by atoms with E-state index >= 15 is 0 Å². The van der Waals surface area contributed by atoms with Crippen LogP contribution in [0, 0.1) is 11.7 Å². The van der Waals surface area contributed by atoms with Crippen LogP contribution in [-0.2, 0) is 0 Å². The zero-order valence-electron chi connectivity index (χ0n) is 5.97. The van der Waals surface area contributed by atoms with Gasteiger partial charge in [0.25, 0.3) is 0 Å². The molecule has 0 unspecified atom stereocenters. The summed E-state index contributed by atoms with van der Waals surface area (Å²) in [4.78, 5) is 3.62. The Labute approximate surface area is 67.7 Å².